The van der Waals surface area contributed by atoms with Gasteiger partial charge in [0.25, 0.3) is 5.56 Å². The van der Waals surface area contributed by atoms with Gasteiger partial charge in [-0.3, -0.25) is 9.36 Å². The van der Waals surface area contributed by atoms with E-state index in [1.165, 1.54) is 11.3 Å². The van der Waals surface area contributed by atoms with Gasteiger partial charge in [0.1, 0.15) is 5.75 Å². The maximum absolute atomic E-state index is 14.1. The van der Waals surface area contributed by atoms with Crippen molar-refractivity contribution in [1.82, 2.24) is 9.13 Å². The summed E-state index contributed by atoms with van der Waals surface area (Å²) in [7, 11) is 1.60. The molecule has 206 valence electrons. The first-order valence-electron chi connectivity index (χ1n) is 13.5. The Hall–Kier alpha value is -4.17. The molecule has 0 unspecified atom stereocenters. The van der Waals surface area contributed by atoms with Crippen LogP contribution < -0.4 is 19.6 Å². The molecule has 1 aliphatic rings. The van der Waals surface area contributed by atoms with E-state index in [1.807, 2.05) is 55.5 Å². The zero-order valence-electron chi connectivity index (χ0n) is 23.4. The third-order valence-corrected chi connectivity index (χ3v) is 8.06. The Bertz CT molecular complexity index is 1780. The minimum Gasteiger partial charge on any atom is -0.497 e. The van der Waals surface area contributed by atoms with Gasteiger partial charge in [0.05, 0.1) is 35.6 Å². The molecule has 7 nitrogen and oxygen atoms in total. The smallest absolute Gasteiger partial charge is 0.338 e. The molecule has 0 aliphatic carbocycles. The molecule has 8 heteroatoms. The maximum atomic E-state index is 14.1. The Morgan fingerprint density at radius 3 is 2.55 bits per heavy atom. The fourth-order valence-corrected chi connectivity index (χ4v) is 6.31. The van der Waals surface area contributed by atoms with Crippen molar-refractivity contribution in [3.8, 4) is 11.4 Å². The number of ether oxygens (including phenoxy) is 2. The molecular weight excluding hydrogens is 522 g/mol. The highest BCUT2D eigenvalue weighted by Gasteiger charge is 2.34. The average Bonchev–Trinajstić information content (AvgIpc) is 3.42. The zero-order chi connectivity index (χ0) is 28.4. The number of hydrogen-bond donors (Lipinski definition) is 0. The lowest BCUT2D eigenvalue weighted by Gasteiger charge is -2.26. The molecule has 0 radical (unpaired) electrons. The van der Waals surface area contributed by atoms with Crippen molar-refractivity contribution in [2.75, 3.05) is 13.7 Å². The standard InChI is InChI=1S/C32H33N3O4S/c1-6-12-26-28(31(37)39-7-2)29(22-13-11-16-25(18-22)38-5)35-30(36)27(40-32(35)33-26)19-23-17-20(3)34(21(23)4)24-14-9-8-10-15-24/h8-11,13-19,29H,6-7,12H2,1-5H3/b27-19-/t29-/m1/s1. The number of fused-ring (bicyclic) bond motifs is 1. The molecule has 0 fully saturated rings. The Morgan fingerprint density at radius 1 is 1.07 bits per heavy atom. The molecule has 40 heavy (non-hydrogen) atoms. The molecule has 3 heterocycles. The van der Waals surface area contributed by atoms with E-state index in [-0.39, 0.29) is 12.2 Å². The summed E-state index contributed by atoms with van der Waals surface area (Å²) >= 11 is 1.34. The van der Waals surface area contributed by atoms with Crippen LogP contribution in [0.1, 0.15) is 55.2 Å². The molecule has 5 rings (SSSR count). The number of aryl methyl sites for hydroxylation is 1. The van der Waals surface area contributed by atoms with E-state index in [0.717, 1.165) is 34.6 Å². The summed E-state index contributed by atoms with van der Waals surface area (Å²) in [5, 5.41) is 0. The van der Waals surface area contributed by atoms with Crippen LogP contribution in [0.5, 0.6) is 5.75 Å². The first kappa shape index (κ1) is 27.4. The van der Waals surface area contributed by atoms with Gasteiger partial charge < -0.3 is 14.0 Å². The van der Waals surface area contributed by atoms with Crippen molar-refractivity contribution in [2.24, 2.45) is 4.99 Å². The molecule has 0 saturated carbocycles. The number of benzene rings is 2. The van der Waals surface area contributed by atoms with Gasteiger partial charge >= 0.3 is 5.97 Å². The molecule has 0 N–H and O–H groups in total. The SMILES string of the molecule is CCCC1=C(C(=O)OCC)[C@@H](c2cccc(OC)c2)n2c(s/c(=C\c3cc(C)n(-c4ccccc4)c3C)c2=O)=N1. The third kappa shape index (κ3) is 4.95. The number of esters is 1. The van der Waals surface area contributed by atoms with Crippen molar-refractivity contribution in [1.29, 1.82) is 0 Å². The lowest BCUT2D eigenvalue weighted by molar-refractivity contribution is -0.139. The zero-order valence-corrected chi connectivity index (χ0v) is 24.2. The van der Waals surface area contributed by atoms with Crippen molar-refractivity contribution in [3.05, 3.63) is 114 Å². The molecule has 0 amide bonds. The number of rotatable bonds is 8. The summed E-state index contributed by atoms with van der Waals surface area (Å²) in [6.45, 7) is 8.17. The van der Waals surface area contributed by atoms with Gasteiger partial charge in [-0.1, -0.05) is 55.0 Å². The van der Waals surface area contributed by atoms with E-state index < -0.39 is 12.0 Å². The normalized spacial score (nSPS) is 15.1. The molecule has 0 saturated heterocycles. The van der Waals surface area contributed by atoms with E-state index >= 15 is 0 Å². The molecule has 2 aromatic carbocycles. The van der Waals surface area contributed by atoms with Gasteiger partial charge in [0.15, 0.2) is 4.80 Å². The van der Waals surface area contributed by atoms with Gasteiger partial charge in [0.2, 0.25) is 0 Å². The number of aromatic nitrogens is 2. The number of hydrogen-bond acceptors (Lipinski definition) is 6. The van der Waals surface area contributed by atoms with Crippen molar-refractivity contribution in [2.45, 2.75) is 46.6 Å². The lowest BCUT2D eigenvalue weighted by Crippen LogP contribution is -2.40. The Kier molecular flexibility index (Phi) is 7.89. The number of carbonyl (C=O) groups is 1. The van der Waals surface area contributed by atoms with Crippen LogP contribution in [0.3, 0.4) is 0 Å². The van der Waals surface area contributed by atoms with Crippen LogP contribution in [0.25, 0.3) is 11.8 Å². The monoisotopic (exact) mass is 555 g/mol. The van der Waals surface area contributed by atoms with Gasteiger partial charge in [-0.15, -0.1) is 0 Å². The first-order chi connectivity index (χ1) is 19.4. The van der Waals surface area contributed by atoms with Crippen molar-refractivity contribution in [3.63, 3.8) is 0 Å². The van der Waals surface area contributed by atoms with Gasteiger partial charge in [-0.05, 0) is 74.7 Å². The van der Waals surface area contributed by atoms with Crippen LogP contribution >= 0.6 is 11.3 Å². The summed E-state index contributed by atoms with van der Waals surface area (Å²) in [5.74, 6) is 0.188. The lowest BCUT2D eigenvalue weighted by atomic mass is 9.94. The number of carbonyl (C=O) groups excluding carboxylic acids is 1. The quantitative estimate of drug-likeness (QED) is 0.287. The predicted molar refractivity (Wildman–Crippen MR) is 158 cm³/mol. The molecule has 1 atom stereocenters. The number of allylic oxidation sites excluding steroid dienone is 1. The second-order valence-corrected chi connectivity index (χ2v) is 10.7. The van der Waals surface area contributed by atoms with E-state index in [2.05, 4.69) is 36.6 Å². The topological polar surface area (TPSA) is 74.8 Å². The number of nitrogens with zero attached hydrogens (tertiary/aromatic N) is 3. The predicted octanol–water partition coefficient (Wildman–Crippen LogP) is 4.99. The van der Waals surface area contributed by atoms with Crippen LogP contribution in [-0.2, 0) is 9.53 Å². The summed E-state index contributed by atoms with van der Waals surface area (Å²) in [5.41, 5.74) is 5.77. The Balaban J connectivity index is 1.74. The summed E-state index contributed by atoms with van der Waals surface area (Å²) in [4.78, 5) is 32.9. The maximum Gasteiger partial charge on any atom is 0.338 e. The molecule has 2 aromatic heterocycles. The second-order valence-electron chi connectivity index (χ2n) is 9.69. The molecular formula is C32H33N3O4S. The summed E-state index contributed by atoms with van der Waals surface area (Å²) in [6, 6.07) is 19.1. The van der Waals surface area contributed by atoms with E-state index in [9.17, 15) is 9.59 Å². The fourth-order valence-electron chi connectivity index (χ4n) is 5.30. The van der Waals surface area contributed by atoms with Crippen LogP contribution in [0.4, 0.5) is 0 Å². The van der Waals surface area contributed by atoms with Gasteiger partial charge in [0, 0.05) is 17.1 Å². The largest absolute Gasteiger partial charge is 0.497 e. The summed E-state index contributed by atoms with van der Waals surface area (Å²) < 4.78 is 15.3. The minimum atomic E-state index is -0.675. The van der Waals surface area contributed by atoms with E-state index in [1.54, 1.807) is 18.6 Å². The summed E-state index contributed by atoms with van der Waals surface area (Å²) in [6.07, 6.45) is 3.33. The van der Waals surface area contributed by atoms with Crippen LogP contribution in [-0.4, -0.2) is 28.8 Å². The first-order valence-corrected chi connectivity index (χ1v) is 14.3. The van der Waals surface area contributed by atoms with E-state index in [4.69, 9.17) is 14.5 Å². The van der Waals surface area contributed by atoms with E-state index in [0.29, 0.717) is 32.8 Å². The van der Waals surface area contributed by atoms with Gasteiger partial charge in [-0.2, -0.15) is 0 Å². The fraction of sp³-hybridized carbons (Fsp3) is 0.281. The van der Waals surface area contributed by atoms with Gasteiger partial charge in [-0.25, -0.2) is 9.79 Å². The number of thiazole rings is 1. The molecule has 4 aromatic rings. The third-order valence-electron chi connectivity index (χ3n) is 7.07. The van der Waals surface area contributed by atoms with Crippen LogP contribution in [0.15, 0.2) is 81.7 Å². The Labute approximate surface area is 237 Å². The second kappa shape index (κ2) is 11.5. The Morgan fingerprint density at radius 2 is 1.85 bits per heavy atom. The molecule has 1 aliphatic heterocycles. The van der Waals surface area contributed by atoms with Crippen molar-refractivity contribution < 1.29 is 14.3 Å². The highest BCUT2D eigenvalue weighted by molar-refractivity contribution is 7.07. The van der Waals surface area contributed by atoms with Crippen molar-refractivity contribution >= 4 is 23.4 Å². The average molecular weight is 556 g/mol. The van der Waals surface area contributed by atoms with Crippen LogP contribution in [0, 0.1) is 13.8 Å². The van der Waals surface area contributed by atoms with Crippen LogP contribution in [0.2, 0.25) is 0 Å². The highest BCUT2D eigenvalue weighted by atomic mass is 32.1. The number of para-hydroxylation sites is 1. The molecule has 0 bridgehead atoms. The minimum absolute atomic E-state index is 0.196. The highest BCUT2D eigenvalue weighted by Crippen LogP contribution is 2.34. The number of methoxy groups -OCH3 is 1. The molecule has 0 spiro atoms.